The van der Waals surface area contributed by atoms with Crippen LogP contribution in [0.2, 0.25) is 0 Å². The zero-order valence-corrected chi connectivity index (χ0v) is 10.2. The molecule has 3 heteroatoms. The Morgan fingerprint density at radius 3 is 2.56 bits per heavy atom. The fourth-order valence-corrected chi connectivity index (χ4v) is 3.42. The summed E-state index contributed by atoms with van der Waals surface area (Å²) in [5.41, 5.74) is 2.55. The molecular weight excluding hydrogens is 218 g/mol. The van der Waals surface area contributed by atoms with E-state index in [0.29, 0.717) is 17.7 Å². The van der Waals surface area contributed by atoms with Crippen molar-refractivity contribution in [3.63, 3.8) is 0 Å². The standard InChI is InChI=1S/C13H15NOS/c1-9-2-4-10(5-3-9)13-14(11-6-7-11)12(15)8-16-13/h2-5,11,13H,6-8H2,1H3/t13-/m0/s1. The highest BCUT2D eigenvalue weighted by Crippen LogP contribution is 2.45. The molecule has 1 aliphatic heterocycles. The second-order valence-corrected chi connectivity index (χ2v) is 5.67. The summed E-state index contributed by atoms with van der Waals surface area (Å²) in [6.07, 6.45) is 2.38. The van der Waals surface area contributed by atoms with E-state index < -0.39 is 0 Å². The van der Waals surface area contributed by atoms with Crippen molar-refractivity contribution in [2.24, 2.45) is 0 Å². The van der Waals surface area contributed by atoms with Crippen LogP contribution in [0.1, 0.15) is 29.3 Å². The van der Waals surface area contributed by atoms with Crippen molar-refractivity contribution in [3.05, 3.63) is 35.4 Å². The van der Waals surface area contributed by atoms with Crippen molar-refractivity contribution in [3.8, 4) is 0 Å². The normalized spacial score (nSPS) is 25.2. The molecule has 1 aromatic carbocycles. The highest BCUT2D eigenvalue weighted by atomic mass is 32.2. The van der Waals surface area contributed by atoms with E-state index in [-0.39, 0.29) is 5.37 Å². The maximum atomic E-state index is 11.8. The first-order valence-electron chi connectivity index (χ1n) is 5.75. The molecule has 1 saturated carbocycles. The Kier molecular flexibility index (Phi) is 2.43. The van der Waals surface area contributed by atoms with Gasteiger partial charge < -0.3 is 4.90 Å². The summed E-state index contributed by atoms with van der Waals surface area (Å²) in [4.78, 5) is 13.9. The van der Waals surface area contributed by atoms with Gasteiger partial charge in [0.2, 0.25) is 5.91 Å². The van der Waals surface area contributed by atoms with E-state index in [2.05, 4.69) is 36.1 Å². The summed E-state index contributed by atoms with van der Waals surface area (Å²) in [6, 6.07) is 9.09. The lowest BCUT2D eigenvalue weighted by molar-refractivity contribution is -0.128. The Morgan fingerprint density at radius 1 is 1.25 bits per heavy atom. The minimum atomic E-state index is 0.264. The van der Waals surface area contributed by atoms with Gasteiger partial charge in [-0.05, 0) is 25.3 Å². The fraction of sp³-hybridized carbons (Fsp3) is 0.462. The molecule has 0 N–H and O–H groups in total. The average molecular weight is 233 g/mol. The third-order valence-corrected chi connectivity index (χ3v) is 4.44. The van der Waals surface area contributed by atoms with E-state index in [1.165, 1.54) is 24.0 Å². The van der Waals surface area contributed by atoms with Gasteiger partial charge in [-0.3, -0.25) is 4.79 Å². The summed E-state index contributed by atoms with van der Waals surface area (Å²) in [6.45, 7) is 2.09. The lowest BCUT2D eigenvalue weighted by Crippen LogP contribution is -2.30. The molecule has 1 atom stereocenters. The van der Waals surface area contributed by atoms with Gasteiger partial charge in [0.25, 0.3) is 0 Å². The summed E-state index contributed by atoms with van der Waals surface area (Å²) in [5.74, 6) is 0.966. The van der Waals surface area contributed by atoms with Gasteiger partial charge >= 0.3 is 0 Å². The van der Waals surface area contributed by atoms with Crippen LogP contribution < -0.4 is 0 Å². The summed E-state index contributed by atoms with van der Waals surface area (Å²) < 4.78 is 0. The fourth-order valence-electron chi connectivity index (χ4n) is 2.17. The number of nitrogens with zero attached hydrogens (tertiary/aromatic N) is 1. The molecule has 2 aliphatic rings. The first kappa shape index (κ1) is 10.2. The van der Waals surface area contributed by atoms with Gasteiger partial charge in [-0.1, -0.05) is 29.8 Å². The Bertz CT molecular complexity index is 410. The first-order chi connectivity index (χ1) is 7.75. The second-order valence-electron chi connectivity index (χ2n) is 4.61. The molecule has 0 radical (unpaired) electrons. The van der Waals surface area contributed by atoms with Crippen LogP contribution in [-0.2, 0) is 4.79 Å². The number of amides is 1. The third-order valence-electron chi connectivity index (χ3n) is 3.21. The first-order valence-corrected chi connectivity index (χ1v) is 6.80. The van der Waals surface area contributed by atoms with Crippen LogP contribution in [0, 0.1) is 6.92 Å². The Labute approximate surface area is 100 Å². The van der Waals surface area contributed by atoms with Crippen molar-refractivity contribution < 1.29 is 4.79 Å². The number of carbonyl (C=O) groups is 1. The molecule has 3 rings (SSSR count). The molecule has 0 spiro atoms. The number of carbonyl (C=O) groups excluding carboxylic acids is 1. The van der Waals surface area contributed by atoms with E-state index >= 15 is 0 Å². The van der Waals surface area contributed by atoms with Crippen molar-refractivity contribution in [1.29, 1.82) is 0 Å². The molecule has 1 heterocycles. The molecule has 1 saturated heterocycles. The minimum absolute atomic E-state index is 0.264. The van der Waals surface area contributed by atoms with E-state index in [1.807, 2.05) is 0 Å². The van der Waals surface area contributed by atoms with Crippen LogP contribution in [0.3, 0.4) is 0 Å². The highest BCUT2D eigenvalue weighted by Gasteiger charge is 2.42. The van der Waals surface area contributed by atoms with E-state index in [4.69, 9.17) is 0 Å². The predicted molar refractivity (Wildman–Crippen MR) is 66.2 cm³/mol. The smallest absolute Gasteiger partial charge is 0.234 e. The topological polar surface area (TPSA) is 20.3 Å². The maximum absolute atomic E-state index is 11.8. The molecule has 0 aromatic heterocycles. The van der Waals surface area contributed by atoms with Crippen LogP contribution in [0.25, 0.3) is 0 Å². The monoisotopic (exact) mass is 233 g/mol. The van der Waals surface area contributed by atoms with Gasteiger partial charge in [0.1, 0.15) is 5.37 Å². The number of hydrogen-bond donors (Lipinski definition) is 0. The molecule has 0 bridgehead atoms. The molecule has 2 fully saturated rings. The van der Waals surface area contributed by atoms with Crippen LogP contribution in [0.5, 0.6) is 0 Å². The molecular formula is C13H15NOS. The van der Waals surface area contributed by atoms with Gasteiger partial charge in [0.15, 0.2) is 0 Å². The van der Waals surface area contributed by atoms with Crippen molar-refractivity contribution in [1.82, 2.24) is 4.90 Å². The van der Waals surface area contributed by atoms with Gasteiger partial charge in [0.05, 0.1) is 5.75 Å². The number of aryl methyl sites for hydroxylation is 1. The lowest BCUT2D eigenvalue weighted by atomic mass is 10.1. The van der Waals surface area contributed by atoms with Crippen molar-refractivity contribution in [2.45, 2.75) is 31.2 Å². The summed E-state index contributed by atoms with van der Waals surface area (Å²) in [5, 5.41) is 0.264. The number of rotatable bonds is 2. The molecule has 1 aliphatic carbocycles. The van der Waals surface area contributed by atoms with Crippen LogP contribution in [0.15, 0.2) is 24.3 Å². The zero-order valence-electron chi connectivity index (χ0n) is 9.35. The van der Waals surface area contributed by atoms with Gasteiger partial charge in [0, 0.05) is 6.04 Å². The second kappa shape index (κ2) is 3.81. The molecule has 2 nitrogen and oxygen atoms in total. The Morgan fingerprint density at radius 2 is 1.94 bits per heavy atom. The van der Waals surface area contributed by atoms with Gasteiger partial charge in [-0.2, -0.15) is 0 Å². The van der Waals surface area contributed by atoms with Crippen LogP contribution in [-0.4, -0.2) is 22.6 Å². The third kappa shape index (κ3) is 1.73. The Balaban J connectivity index is 1.88. The minimum Gasteiger partial charge on any atom is -0.323 e. The van der Waals surface area contributed by atoms with E-state index in [0.717, 1.165) is 0 Å². The predicted octanol–water partition coefficient (Wildman–Crippen LogP) is 2.73. The zero-order chi connectivity index (χ0) is 11.1. The maximum Gasteiger partial charge on any atom is 0.234 e. The molecule has 1 amide bonds. The van der Waals surface area contributed by atoms with E-state index in [1.54, 1.807) is 11.8 Å². The average Bonchev–Trinajstić information content (AvgIpc) is 3.04. The summed E-state index contributed by atoms with van der Waals surface area (Å²) in [7, 11) is 0. The van der Waals surface area contributed by atoms with Crippen LogP contribution in [0.4, 0.5) is 0 Å². The molecule has 84 valence electrons. The molecule has 1 aromatic rings. The number of benzene rings is 1. The Hall–Kier alpha value is -0.960. The SMILES string of the molecule is Cc1ccc([C@@H]2SCC(=O)N2C2CC2)cc1. The lowest BCUT2D eigenvalue weighted by Gasteiger charge is -2.24. The largest absolute Gasteiger partial charge is 0.323 e. The van der Waals surface area contributed by atoms with Gasteiger partial charge in [-0.15, -0.1) is 11.8 Å². The number of hydrogen-bond acceptors (Lipinski definition) is 2. The van der Waals surface area contributed by atoms with Crippen molar-refractivity contribution >= 4 is 17.7 Å². The quantitative estimate of drug-likeness (QED) is 0.783. The van der Waals surface area contributed by atoms with Crippen LogP contribution >= 0.6 is 11.8 Å². The number of thioether (sulfide) groups is 1. The molecule has 0 unspecified atom stereocenters. The molecule has 16 heavy (non-hydrogen) atoms. The highest BCUT2D eigenvalue weighted by molar-refractivity contribution is 8.00. The van der Waals surface area contributed by atoms with Gasteiger partial charge in [-0.25, -0.2) is 0 Å². The van der Waals surface area contributed by atoms with Crippen molar-refractivity contribution in [2.75, 3.05) is 5.75 Å². The summed E-state index contributed by atoms with van der Waals surface area (Å²) >= 11 is 1.76. The van der Waals surface area contributed by atoms with E-state index in [9.17, 15) is 4.79 Å².